The zero-order valence-electron chi connectivity index (χ0n) is 9.84. The molecule has 1 heterocycles. The molecule has 1 aromatic heterocycles. The van der Waals surface area contributed by atoms with Crippen molar-refractivity contribution in [2.45, 2.75) is 19.8 Å². The van der Waals surface area contributed by atoms with Crippen LogP contribution in [0, 0.1) is 4.64 Å². The molecular formula is C13H12Cl2N2S. The van der Waals surface area contributed by atoms with Gasteiger partial charge in [-0.15, -0.1) is 0 Å². The summed E-state index contributed by atoms with van der Waals surface area (Å²) in [6.45, 7) is 2.11. The lowest BCUT2D eigenvalue weighted by atomic mass is 10.0. The van der Waals surface area contributed by atoms with Crippen LogP contribution in [0.3, 0.4) is 0 Å². The Labute approximate surface area is 121 Å². The van der Waals surface area contributed by atoms with E-state index in [0.717, 1.165) is 29.7 Å². The van der Waals surface area contributed by atoms with Crippen molar-refractivity contribution >= 4 is 35.4 Å². The van der Waals surface area contributed by atoms with Crippen molar-refractivity contribution in [3.05, 3.63) is 44.8 Å². The van der Waals surface area contributed by atoms with Crippen LogP contribution in [0.15, 0.2) is 24.5 Å². The maximum atomic E-state index is 6.03. The van der Waals surface area contributed by atoms with E-state index in [0.29, 0.717) is 14.7 Å². The van der Waals surface area contributed by atoms with Crippen LogP contribution in [0.1, 0.15) is 18.9 Å². The van der Waals surface area contributed by atoms with Gasteiger partial charge in [-0.3, -0.25) is 0 Å². The summed E-state index contributed by atoms with van der Waals surface area (Å²) in [7, 11) is 0. The van der Waals surface area contributed by atoms with Crippen LogP contribution in [-0.2, 0) is 6.42 Å². The monoisotopic (exact) mass is 298 g/mol. The standard InChI is InChI=1S/C13H12Cl2N2S/c1-2-3-11-12(16-7-17-13(11)18)8-4-9(14)6-10(15)5-8/h4-7H,2-3H2,1H3,(H,16,17,18). The lowest BCUT2D eigenvalue weighted by molar-refractivity contribution is 0.898. The van der Waals surface area contributed by atoms with Crippen LogP contribution in [0.4, 0.5) is 0 Å². The molecule has 0 radical (unpaired) electrons. The van der Waals surface area contributed by atoms with Crippen molar-refractivity contribution in [3.63, 3.8) is 0 Å². The Bertz CT molecular complexity index is 602. The number of aromatic amines is 1. The Kier molecular flexibility index (Phi) is 4.38. The fraction of sp³-hybridized carbons (Fsp3) is 0.231. The van der Waals surface area contributed by atoms with Crippen molar-refractivity contribution in [1.29, 1.82) is 0 Å². The third-order valence-corrected chi connectivity index (χ3v) is 3.39. The highest BCUT2D eigenvalue weighted by Gasteiger charge is 2.09. The second-order valence-electron chi connectivity index (χ2n) is 3.97. The molecule has 0 amide bonds. The summed E-state index contributed by atoms with van der Waals surface area (Å²) in [6, 6.07) is 5.45. The number of nitrogens with one attached hydrogen (secondary N) is 1. The molecule has 0 spiro atoms. The minimum atomic E-state index is 0.607. The number of aromatic nitrogens is 2. The van der Waals surface area contributed by atoms with Gasteiger partial charge in [0.15, 0.2) is 0 Å². The van der Waals surface area contributed by atoms with Crippen LogP contribution in [0.5, 0.6) is 0 Å². The minimum Gasteiger partial charge on any atom is -0.346 e. The summed E-state index contributed by atoms with van der Waals surface area (Å²) in [5, 5.41) is 1.21. The molecular weight excluding hydrogens is 287 g/mol. The summed E-state index contributed by atoms with van der Waals surface area (Å²) in [5.74, 6) is 0. The zero-order valence-corrected chi connectivity index (χ0v) is 12.2. The van der Waals surface area contributed by atoms with Crippen molar-refractivity contribution < 1.29 is 0 Å². The molecule has 5 heteroatoms. The third kappa shape index (κ3) is 2.91. The molecule has 2 rings (SSSR count). The number of hydrogen-bond acceptors (Lipinski definition) is 2. The normalized spacial score (nSPS) is 10.6. The topological polar surface area (TPSA) is 28.7 Å². The van der Waals surface area contributed by atoms with Gasteiger partial charge in [0.25, 0.3) is 0 Å². The third-order valence-electron chi connectivity index (χ3n) is 2.60. The van der Waals surface area contributed by atoms with Gasteiger partial charge in [-0.25, -0.2) is 4.98 Å². The first-order chi connectivity index (χ1) is 8.61. The summed E-state index contributed by atoms with van der Waals surface area (Å²) in [5.41, 5.74) is 2.92. The van der Waals surface area contributed by atoms with Crippen molar-refractivity contribution in [3.8, 4) is 11.3 Å². The van der Waals surface area contributed by atoms with E-state index in [-0.39, 0.29) is 0 Å². The summed E-state index contributed by atoms with van der Waals surface area (Å²) in [4.78, 5) is 7.26. The van der Waals surface area contributed by atoms with Gasteiger partial charge in [0, 0.05) is 21.2 Å². The van der Waals surface area contributed by atoms with Gasteiger partial charge < -0.3 is 4.98 Å². The van der Waals surface area contributed by atoms with Gasteiger partial charge in [0.05, 0.1) is 12.0 Å². The minimum absolute atomic E-state index is 0.607. The van der Waals surface area contributed by atoms with E-state index in [4.69, 9.17) is 35.4 Å². The van der Waals surface area contributed by atoms with E-state index >= 15 is 0 Å². The molecule has 0 fully saturated rings. The average Bonchev–Trinajstić information content (AvgIpc) is 2.30. The van der Waals surface area contributed by atoms with Gasteiger partial charge in [0.1, 0.15) is 4.64 Å². The van der Waals surface area contributed by atoms with Crippen molar-refractivity contribution in [2.75, 3.05) is 0 Å². The second kappa shape index (κ2) is 5.83. The average molecular weight is 299 g/mol. The van der Waals surface area contributed by atoms with E-state index in [9.17, 15) is 0 Å². The Morgan fingerprint density at radius 3 is 2.50 bits per heavy atom. The van der Waals surface area contributed by atoms with E-state index in [2.05, 4.69) is 16.9 Å². The maximum absolute atomic E-state index is 6.03. The van der Waals surface area contributed by atoms with Gasteiger partial charge in [-0.05, 0) is 24.6 Å². The predicted molar refractivity (Wildman–Crippen MR) is 78.9 cm³/mol. The van der Waals surface area contributed by atoms with Gasteiger partial charge >= 0.3 is 0 Å². The SMILES string of the molecule is CCCc1c(-c2cc(Cl)cc(Cl)c2)[nH]cnc1=S. The Balaban J connectivity index is 2.63. The van der Waals surface area contributed by atoms with Crippen LogP contribution in [0.25, 0.3) is 11.3 Å². The Morgan fingerprint density at radius 2 is 1.89 bits per heavy atom. The molecule has 18 heavy (non-hydrogen) atoms. The van der Waals surface area contributed by atoms with E-state index < -0.39 is 0 Å². The maximum Gasteiger partial charge on any atom is 0.133 e. The molecule has 2 aromatic rings. The fourth-order valence-electron chi connectivity index (χ4n) is 1.87. The van der Waals surface area contributed by atoms with Gasteiger partial charge in [-0.1, -0.05) is 48.8 Å². The molecule has 0 bridgehead atoms. The highest BCUT2D eigenvalue weighted by Crippen LogP contribution is 2.28. The predicted octanol–water partition coefficient (Wildman–Crippen LogP) is 5.07. The zero-order chi connectivity index (χ0) is 13.1. The first kappa shape index (κ1) is 13.5. The molecule has 1 aromatic carbocycles. The first-order valence-electron chi connectivity index (χ1n) is 5.65. The quantitative estimate of drug-likeness (QED) is 0.802. The summed E-state index contributed by atoms with van der Waals surface area (Å²) in [6.07, 6.45) is 3.48. The molecule has 0 aliphatic rings. The lowest BCUT2D eigenvalue weighted by Gasteiger charge is -2.09. The van der Waals surface area contributed by atoms with Crippen LogP contribution in [0.2, 0.25) is 10.0 Å². The molecule has 2 nitrogen and oxygen atoms in total. The fourth-order valence-corrected chi connectivity index (χ4v) is 2.65. The summed E-state index contributed by atoms with van der Waals surface area (Å²) >= 11 is 17.3. The van der Waals surface area contributed by atoms with Crippen LogP contribution >= 0.6 is 35.4 Å². The highest BCUT2D eigenvalue weighted by atomic mass is 35.5. The van der Waals surface area contributed by atoms with E-state index in [1.807, 2.05) is 12.1 Å². The number of nitrogens with zero attached hydrogens (tertiary/aromatic N) is 1. The first-order valence-corrected chi connectivity index (χ1v) is 6.81. The highest BCUT2D eigenvalue weighted by molar-refractivity contribution is 7.71. The number of rotatable bonds is 3. The number of H-pyrrole nitrogens is 1. The van der Waals surface area contributed by atoms with Crippen molar-refractivity contribution in [2.24, 2.45) is 0 Å². The number of benzene rings is 1. The number of hydrogen-bond donors (Lipinski definition) is 1. The molecule has 0 aliphatic carbocycles. The second-order valence-corrected chi connectivity index (χ2v) is 5.23. The van der Waals surface area contributed by atoms with Gasteiger partial charge in [-0.2, -0.15) is 0 Å². The van der Waals surface area contributed by atoms with E-state index in [1.54, 1.807) is 12.4 Å². The van der Waals surface area contributed by atoms with Gasteiger partial charge in [0.2, 0.25) is 0 Å². The van der Waals surface area contributed by atoms with Crippen LogP contribution in [-0.4, -0.2) is 9.97 Å². The lowest BCUT2D eigenvalue weighted by Crippen LogP contribution is -1.96. The summed E-state index contributed by atoms with van der Waals surface area (Å²) < 4.78 is 0.627. The number of halogens is 2. The Hall–Kier alpha value is -0.900. The molecule has 94 valence electrons. The molecule has 1 N–H and O–H groups in total. The molecule has 0 saturated heterocycles. The smallest absolute Gasteiger partial charge is 0.133 e. The van der Waals surface area contributed by atoms with E-state index in [1.165, 1.54) is 0 Å². The van der Waals surface area contributed by atoms with Crippen molar-refractivity contribution in [1.82, 2.24) is 9.97 Å². The van der Waals surface area contributed by atoms with Crippen LogP contribution < -0.4 is 0 Å². The Morgan fingerprint density at radius 1 is 1.22 bits per heavy atom. The molecule has 0 unspecified atom stereocenters. The largest absolute Gasteiger partial charge is 0.346 e. The molecule has 0 atom stereocenters. The molecule has 0 saturated carbocycles. The molecule has 0 aliphatic heterocycles.